The highest BCUT2D eigenvalue weighted by Crippen LogP contribution is 2.35. The molecule has 108 valence electrons. The SMILES string of the molecule is O=C(O)C1CC=C(c2c[nH]c3ccc([N+](=O)[O-])cc23)CC1. The van der Waals surface area contributed by atoms with Crippen molar-refractivity contribution in [2.24, 2.45) is 5.92 Å². The first-order chi connectivity index (χ1) is 10.1. The molecule has 0 saturated carbocycles. The Morgan fingerprint density at radius 1 is 1.43 bits per heavy atom. The summed E-state index contributed by atoms with van der Waals surface area (Å²) >= 11 is 0. The number of benzene rings is 1. The molecule has 1 aromatic carbocycles. The second kappa shape index (κ2) is 5.05. The maximum absolute atomic E-state index is 11.0. The summed E-state index contributed by atoms with van der Waals surface area (Å²) in [5.41, 5.74) is 2.89. The smallest absolute Gasteiger partial charge is 0.306 e. The Balaban J connectivity index is 1.99. The Hall–Kier alpha value is -2.63. The Labute approximate surface area is 120 Å². The van der Waals surface area contributed by atoms with Gasteiger partial charge in [-0.05, 0) is 30.9 Å². The van der Waals surface area contributed by atoms with Crippen molar-refractivity contribution in [2.75, 3.05) is 0 Å². The third kappa shape index (κ3) is 2.40. The molecule has 1 heterocycles. The molecule has 1 atom stereocenters. The number of H-pyrrole nitrogens is 1. The number of hydrogen-bond donors (Lipinski definition) is 2. The van der Waals surface area contributed by atoms with Crippen LogP contribution in [0.25, 0.3) is 16.5 Å². The molecule has 1 aromatic heterocycles. The van der Waals surface area contributed by atoms with E-state index < -0.39 is 10.9 Å². The lowest BCUT2D eigenvalue weighted by molar-refractivity contribution is -0.384. The fraction of sp³-hybridized carbons (Fsp3) is 0.267. The van der Waals surface area contributed by atoms with Gasteiger partial charge < -0.3 is 10.1 Å². The molecular formula is C15H14N2O4. The summed E-state index contributed by atoms with van der Waals surface area (Å²) in [6, 6.07) is 4.73. The molecule has 0 amide bonds. The maximum atomic E-state index is 11.0. The van der Waals surface area contributed by atoms with Crippen LogP contribution in [0, 0.1) is 16.0 Å². The molecule has 0 bridgehead atoms. The first-order valence-corrected chi connectivity index (χ1v) is 6.74. The number of nitro groups is 1. The normalized spacial score (nSPS) is 18.5. The van der Waals surface area contributed by atoms with Crippen LogP contribution >= 0.6 is 0 Å². The number of hydrogen-bond acceptors (Lipinski definition) is 3. The molecule has 1 aliphatic carbocycles. The number of aliphatic carboxylic acids is 1. The van der Waals surface area contributed by atoms with Crippen LogP contribution in [-0.4, -0.2) is 21.0 Å². The molecule has 6 nitrogen and oxygen atoms in total. The molecule has 21 heavy (non-hydrogen) atoms. The number of aromatic nitrogens is 1. The average Bonchev–Trinajstić information content (AvgIpc) is 2.90. The summed E-state index contributed by atoms with van der Waals surface area (Å²) in [6.45, 7) is 0. The number of nitrogens with zero attached hydrogens (tertiary/aromatic N) is 1. The van der Waals surface area contributed by atoms with Gasteiger partial charge in [0.05, 0.1) is 10.8 Å². The van der Waals surface area contributed by atoms with Gasteiger partial charge in [-0.1, -0.05) is 6.08 Å². The molecule has 0 fully saturated rings. The van der Waals surface area contributed by atoms with E-state index in [-0.39, 0.29) is 11.6 Å². The van der Waals surface area contributed by atoms with Crippen molar-refractivity contribution in [3.63, 3.8) is 0 Å². The van der Waals surface area contributed by atoms with E-state index in [1.165, 1.54) is 6.07 Å². The minimum Gasteiger partial charge on any atom is -0.481 e. The van der Waals surface area contributed by atoms with Gasteiger partial charge in [0, 0.05) is 34.8 Å². The monoisotopic (exact) mass is 286 g/mol. The largest absolute Gasteiger partial charge is 0.481 e. The van der Waals surface area contributed by atoms with Gasteiger partial charge in [-0.2, -0.15) is 0 Å². The molecule has 0 spiro atoms. The van der Waals surface area contributed by atoms with Gasteiger partial charge in [-0.3, -0.25) is 14.9 Å². The standard InChI is InChI=1S/C15H14N2O4/c18-15(19)10-3-1-9(2-4-10)13-8-16-14-6-5-11(17(20)21)7-12(13)14/h1,5-8,10,16H,2-4H2,(H,18,19). The Bertz CT molecular complexity index is 760. The van der Waals surface area contributed by atoms with Gasteiger partial charge in [0.15, 0.2) is 0 Å². The lowest BCUT2D eigenvalue weighted by atomic mass is 9.86. The van der Waals surface area contributed by atoms with E-state index in [2.05, 4.69) is 4.98 Å². The predicted molar refractivity (Wildman–Crippen MR) is 77.9 cm³/mol. The Morgan fingerprint density at radius 2 is 2.24 bits per heavy atom. The number of fused-ring (bicyclic) bond motifs is 1. The van der Waals surface area contributed by atoms with Crippen molar-refractivity contribution in [3.05, 3.63) is 46.1 Å². The van der Waals surface area contributed by atoms with Crippen molar-refractivity contribution < 1.29 is 14.8 Å². The van der Waals surface area contributed by atoms with E-state index in [4.69, 9.17) is 5.11 Å². The minimum absolute atomic E-state index is 0.0585. The maximum Gasteiger partial charge on any atom is 0.306 e. The quantitative estimate of drug-likeness (QED) is 0.668. The number of nitro benzene ring substituents is 1. The zero-order valence-corrected chi connectivity index (χ0v) is 11.2. The van der Waals surface area contributed by atoms with Gasteiger partial charge in [0.1, 0.15) is 0 Å². The van der Waals surface area contributed by atoms with Gasteiger partial charge in [-0.15, -0.1) is 0 Å². The molecule has 0 saturated heterocycles. The Morgan fingerprint density at radius 3 is 2.86 bits per heavy atom. The fourth-order valence-corrected chi connectivity index (χ4v) is 2.79. The van der Waals surface area contributed by atoms with Crippen LogP contribution in [0.1, 0.15) is 24.8 Å². The van der Waals surface area contributed by atoms with Crippen LogP contribution in [-0.2, 0) is 4.79 Å². The van der Waals surface area contributed by atoms with Gasteiger partial charge in [-0.25, -0.2) is 0 Å². The zero-order valence-electron chi connectivity index (χ0n) is 11.2. The van der Waals surface area contributed by atoms with Crippen LogP contribution in [0.3, 0.4) is 0 Å². The highest BCUT2D eigenvalue weighted by Gasteiger charge is 2.22. The van der Waals surface area contributed by atoms with E-state index in [0.717, 1.165) is 22.0 Å². The summed E-state index contributed by atoms with van der Waals surface area (Å²) in [4.78, 5) is 24.6. The third-order valence-electron chi connectivity index (χ3n) is 3.98. The van der Waals surface area contributed by atoms with Crippen molar-refractivity contribution in [1.29, 1.82) is 0 Å². The second-order valence-corrected chi connectivity index (χ2v) is 5.23. The lowest BCUT2D eigenvalue weighted by Crippen LogP contribution is -2.15. The lowest BCUT2D eigenvalue weighted by Gasteiger charge is -2.18. The van der Waals surface area contributed by atoms with Crippen LogP contribution in [0.2, 0.25) is 0 Å². The molecule has 3 rings (SSSR count). The van der Waals surface area contributed by atoms with Gasteiger partial charge in [0.2, 0.25) is 0 Å². The topological polar surface area (TPSA) is 96.2 Å². The van der Waals surface area contributed by atoms with Crippen molar-refractivity contribution in [1.82, 2.24) is 4.98 Å². The second-order valence-electron chi connectivity index (χ2n) is 5.23. The molecule has 1 unspecified atom stereocenters. The summed E-state index contributed by atoms with van der Waals surface area (Å²) < 4.78 is 0. The van der Waals surface area contributed by atoms with Crippen molar-refractivity contribution >= 4 is 28.1 Å². The number of carbonyl (C=O) groups is 1. The van der Waals surface area contributed by atoms with E-state index >= 15 is 0 Å². The molecule has 2 N–H and O–H groups in total. The van der Waals surface area contributed by atoms with Crippen molar-refractivity contribution in [3.8, 4) is 0 Å². The number of non-ortho nitro benzene ring substituents is 1. The molecule has 1 aliphatic rings. The fourth-order valence-electron chi connectivity index (χ4n) is 2.79. The molecule has 0 radical (unpaired) electrons. The minimum atomic E-state index is -0.764. The first kappa shape index (κ1) is 13.4. The third-order valence-corrected chi connectivity index (χ3v) is 3.98. The highest BCUT2D eigenvalue weighted by molar-refractivity contribution is 5.94. The molecule has 0 aliphatic heterocycles. The highest BCUT2D eigenvalue weighted by atomic mass is 16.6. The van der Waals surface area contributed by atoms with E-state index in [1.54, 1.807) is 12.1 Å². The summed E-state index contributed by atoms with van der Waals surface area (Å²) in [7, 11) is 0. The van der Waals surface area contributed by atoms with E-state index in [0.29, 0.717) is 19.3 Å². The molecule has 2 aromatic rings. The average molecular weight is 286 g/mol. The summed E-state index contributed by atoms with van der Waals surface area (Å²) in [5, 5.41) is 20.7. The van der Waals surface area contributed by atoms with E-state index in [1.807, 2.05) is 12.3 Å². The Kier molecular flexibility index (Phi) is 3.21. The number of carboxylic acid groups (broad SMARTS) is 1. The number of nitrogens with one attached hydrogen (secondary N) is 1. The number of aromatic amines is 1. The number of allylic oxidation sites excluding steroid dienone is 2. The number of rotatable bonds is 3. The zero-order chi connectivity index (χ0) is 15.0. The van der Waals surface area contributed by atoms with Crippen LogP contribution in [0.5, 0.6) is 0 Å². The predicted octanol–water partition coefficient (Wildman–Crippen LogP) is 3.34. The van der Waals surface area contributed by atoms with Crippen LogP contribution in [0.4, 0.5) is 5.69 Å². The van der Waals surface area contributed by atoms with Crippen molar-refractivity contribution in [2.45, 2.75) is 19.3 Å². The molecule has 6 heteroatoms. The van der Waals surface area contributed by atoms with Gasteiger partial charge in [0.25, 0.3) is 5.69 Å². The van der Waals surface area contributed by atoms with Gasteiger partial charge >= 0.3 is 5.97 Å². The van der Waals surface area contributed by atoms with Crippen LogP contribution < -0.4 is 0 Å². The first-order valence-electron chi connectivity index (χ1n) is 6.74. The summed E-state index contributed by atoms with van der Waals surface area (Å²) in [6.07, 6.45) is 5.55. The van der Waals surface area contributed by atoms with E-state index in [9.17, 15) is 14.9 Å². The van der Waals surface area contributed by atoms with Crippen LogP contribution in [0.15, 0.2) is 30.5 Å². The number of carboxylic acids is 1. The molecular weight excluding hydrogens is 272 g/mol. The summed E-state index contributed by atoms with van der Waals surface area (Å²) in [5.74, 6) is -1.09.